The van der Waals surface area contributed by atoms with Gasteiger partial charge in [0.2, 0.25) is 0 Å². The quantitative estimate of drug-likeness (QED) is 0.322. The van der Waals surface area contributed by atoms with Crippen LogP contribution in [-0.4, -0.2) is 27.8 Å². The summed E-state index contributed by atoms with van der Waals surface area (Å²) in [6.45, 7) is 11.1. The van der Waals surface area contributed by atoms with E-state index in [0.717, 1.165) is 11.1 Å². The van der Waals surface area contributed by atoms with Crippen LogP contribution in [0.15, 0.2) is 58.1 Å². The van der Waals surface area contributed by atoms with E-state index in [1.165, 1.54) is 11.8 Å². The number of esters is 1. The maximum Gasteiger partial charge on any atom is 0.337 e. The number of allylic oxidation sites excluding steroid dienone is 1. The SMILES string of the molecule is C=CCSc1nc2c(c(=O)[nH]1)[C@H](c1cccc(C)c1)C(C(=O)OC(C)C)=C(C)N2. The summed E-state index contributed by atoms with van der Waals surface area (Å²) in [4.78, 5) is 33.4. The van der Waals surface area contributed by atoms with Crippen molar-refractivity contribution in [2.75, 3.05) is 11.1 Å². The predicted octanol–water partition coefficient (Wildman–Crippen LogP) is 4.14. The molecule has 1 aliphatic rings. The number of aromatic amines is 1. The standard InChI is InChI=1S/C22H25N3O3S/c1-6-10-29-22-24-19-18(20(26)25-22)17(15-9-7-8-13(4)11-15)16(14(5)23-19)21(27)28-12(2)3/h6-9,11-12,17H,1,10H2,2-5H3,(H2,23,24,25,26)/t17-/m1/s1. The van der Waals surface area contributed by atoms with Gasteiger partial charge in [-0.25, -0.2) is 9.78 Å². The lowest BCUT2D eigenvalue weighted by Gasteiger charge is -2.29. The second kappa shape index (κ2) is 8.69. The fourth-order valence-corrected chi connectivity index (χ4v) is 3.96. The molecule has 0 bridgehead atoms. The molecule has 0 saturated carbocycles. The number of aromatic nitrogens is 2. The summed E-state index contributed by atoms with van der Waals surface area (Å²) in [6.07, 6.45) is 1.48. The molecule has 1 aliphatic heterocycles. The van der Waals surface area contributed by atoms with Crippen molar-refractivity contribution in [3.63, 3.8) is 0 Å². The number of anilines is 1. The van der Waals surface area contributed by atoms with Crippen molar-refractivity contribution in [2.45, 2.75) is 44.9 Å². The zero-order chi connectivity index (χ0) is 21.1. The van der Waals surface area contributed by atoms with Crippen LogP contribution in [-0.2, 0) is 9.53 Å². The number of hydrogen-bond donors (Lipinski definition) is 2. The van der Waals surface area contributed by atoms with E-state index < -0.39 is 11.9 Å². The molecule has 2 N–H and O–H groups in total. The maximum absolute atomic E-state index is 13.1. The lowest BCUT2D eigenvalue weighted by atomic mass is 9.82. The van der Waals surface area contributed by atoms with Gasteiger partial charge < -0.3 is 15.0 Å². The summed E-state index contributed by atoms with van der Waals surface area (Å²) in [5.41, 5.74) is 3.09. The number of aryl methyl sites for hydroxylation is 1. The van der Waals surface area contributed by atoms with E-state index in [2.05, 4.69) is 21.9 Å². The van der Waals surface area contributed by atoms with Gasteiger partial charge in [0, 0.05) is 11.4 Å². The van der Waals surface area contributed by atoms with E-state index in [1.54, 1.807) is 19.9 Å². The molecule has 1 aromatic heterocycles. The molecule has 0 radical (unpaired) electrons. The summed E-state index contributed by atoms with van der Waals surface area (Å²) in [7, 11) is 0. The van der Waals surface area contributed by atoms with Crippen molar-refractivity contribution in [2.24, 2.45) is 0 Å². The Bertz CT molecular complexity index is 1040. The van der Waals surface area contributed by atoms with Gasteiger partial charge >= 0.3 is 5.97 Å². The number of carbonyl (C=O) groups excluding carboxylic acids is 1. The van der Waals surface area contributed by atoms with Gasteiger partial charge in [0.05, 0.1) is 23.2 Å². The fraction of sp³-hybridized carbons (Fsp3) is 0.318. The van der Waals surface area contributed by atoms with Gasteiger partial charge in [-0.1, -0.05) is 47.7 Å². The first-order valence-electron chi connectivity index (χ1n) is 9.45. The van der Waals surface area contributed by atoms with Crippen molar-refractivity contribution in [3.05, 3.63) is 75.2 Å². The number of H-pyrrole nitrogens is 1. The van der Waals surface area contributed by atoms with E-state index in [-0.39, 0.29) is 11.7 Å². The fourth-order valence-electron chi connectivity index (χ4n) is 3.37. The first-order valence-corrected chi connectivity index (χ1v) is 10.4. The molecule has 1 aromatic carbocycles. The van der Waals surface area contributed by atoms with E-state index >= 15 is 0 Å². The summed E-state index contributed by atoms with van der Waals surface area (Å²) < 4.78 is 5.49. The van der Waals surface area contributed by atoms with Crippen LogP contribution >= 0.6 is 11.8 Å². The smallest absolute Gasteiger partial charge is 0.337 e. The van der Waals surface area contributed by atoms with Crippen molar-refractivity contribution in [3.8, 4) is 0 Å². The highest BCUT2D eigenvalue weighted by atomic mass is 32.2. The van der Waals surface area contributed by atoms with Crippen LogP contribution in [0.5, 0.6) is 0 Å². The zero-order valence-corrected chi connectivity index (χ0v) is 17.9. The largest absolute Gasteiger partial charge is 0.460 e. The van der Waals surface area contributed by atoms with Gasteiger partial charge in [-0.3, -0.25) is 4.79 Å². The molecule has 6 nitrogen and oxygen atoms in total. The number of carbonyl (C=O) groups is 1. The molecule has 2 heterocycles. The Kier molecular flexibility index (Phi) is 6.27. The monoisotopic (exact) mass is 411 g/mol. The highest BCUT2D eigenvalue weighted by molar-refractivity contribution is 7.99. The van der Waals surface area contributed by atoms with Gasteiger partial charge in [-0.15, -0.1) is 6.58 Å². The third kappa shape index (κ3) is 4.45. The minimum atomic E-state index is -0.563. The first-order chi connectivity index (χ1) is 13.8. The molecule has 0 unspecified atom stereocenters. The Balaban J connectivity index is 2.20. The minimum Gasteiger partial charge on any atom is -0.460 e. The molecule has 0 aliphatic carbocycles. The summed E-state index contributed by atoms with van der Waals surface area (Å²) >= 11 is 1.39. The zero-order valence-electron chi connectivity index (χ0n) is 17.0. The third-order valence-corrected chi connectivity index (χ3v) is 5.37. The molecule has 7 heteroatoms. The first kappa shape index (κ1) is 20.9. The Morgan fingerprint density at radius 2 is 2.14 bits per heavy atom. The average Bonchev–Trinajstić information content (AvgIpc) is 2.64. The molecule has 0 amide bonds. The van der Waals surface area contributed by atoms with Crippen LogP contribution in [0.2, 0.25) is 0 Å². The van der Waals surface area contributed by atoms with E-state index in [1.807, 2.05) is 38.1 Å². The van der Waals surface area contributed by atoms with Gasteiger partial charge in [-0.2, -0.15) is 0 Å². The molecule has 29 heavy (non-hydrogen) atoms. The number of nitrogens with zero attached hydrogens (tertiary/aromatic N) is 1. The van der Waals surface area contributed by atoms with Crippen LogP contribution in [0.4, 0.5) is 5.82 Å². The summed E-state index contributed by atoms with van der Waals surface area (Å²) in [5.74, 6) is 0.0910. The predicted molar refractivity (Wildman–Crippen MR) is 116 cm³/mol. The van der Waals surface area contributed by atoms with Gasteiger partial charge in [0.1, 0.15) is 5.82 Å². The Morgan fingerprint density at radius 3 is 2.79 bits per heavy atom. The van der Waals surface area contributed by atoms with E-state index in [0.29, 0.717) is 33.6 Å². The highest BCUT2D eigenvalue weighted by Crippen LogP contribution is 2.40. The molecule has 0 fully saturated rings. The number of hydrogen-bond acceptors (Lipinski definition) is 6. The second-order valence-electron chi connectivity index (χ2n) is 7.20. The normalized spacial score (nSPS) is 15.7. The van der Waals surface area contributed by atoms with Crippen LogP contribution in [0.25, 0.3) is 0 Å². The lowest BCUT2D eigenvalue weighted by molar-refractivity contribution is -0.143. The highest BCUT2D eigenvalue weighted by Gasteiger charge is 2.36. The Labute approximate surface area is 174 Å². The molecule has 152 valence electrons. The molecule has 2 aromatic rings. The molecule has 0 spiro atoms. The average molecular weight is 412 g/mol. The van der Waals surface area contributed by atoms with Gasteiger partial charge in [0.15, 0.2) is 5.16 Å². The van der Waals surface area contributed by atoms with Gasteiger partial charge in [0.25, 0.3) is 5.56 Å². The van der Waals surface area contributed by atoms with Crippen LogP contribution in [0.1, 0.15) is 43.4 Å². The molecule has 1 atom stereocenters. The minimum absolute atomic E-state index is 0.267. The van der Waals surface area contributed by atoms with Crippen LogP contribution < -0.4 is 10.9 Å². The number of fused-ring (bicyclic) bond motifs is 1. The van der Waals surface area contributed by atoms with Crippen LogP contribution in [0, 0.1) is 6.92 Å². The van der Waals surface area contributed by atoms with Crippen LogP contribution in [0.3, 0.4) is 0 Å². The van der Waals surface area contributed by atoms with Gasteiger partial charge in [-0.05, 0) is 33.3 Å². The number of rotatable bonds is 6. The molecule has 3 rings (SSSR count). The number of benzene rings is 1. The number of nitrogens with one attached hydrogen (secondary N) is 2. The molecular formula is C22H25N3O3S. The lowest BCUT2D eigenvalue weighted by Crippen LogP contribution is -2.31. The number of ether oxygens (including phenoxy) is 1. The molecular weight excluding hydrogens is 386 g/mol. The van der Waals surface area contributed by atoms with E-state index in [4.69, 9.17) is 4.74 Å². The molecule has 0 saturated heterocycles. The summed E-state index contributed by atoms with van der Waals surface area (Å²) in [5, 5.41) is 3.65. The topological polar surface area (TPSA) is 84.1 Å². The summed E-state index contributed by atoms with van der Waals surface area (Å²) in [6, 6.07) is 7.80. The van der Waals surface area contributed by atoms with Crippen molar-refractivity contribution in [1.82, 2.24) is 9.97 Å². The van der Waals surface area contributed by atoms with Crippen molar-refractivity contribution >= 4 is 23.5 Å². The Hall–Kier alpha value is -2.80. The van der Waals surface area contributed by atoms with Crippen molar-refractivity contribution in [1.29, 1.82) is 0 Å². The maximum atomic E-state index is 13.1. The number of thioether (sulfide) groups is 1. The second-order valence-corrected chi connectivity index (χ2v) is 8.21. The van der Waals surface area contributed by atoms with Crippen molar-refractivity contribution < 1.29 is 9.53 Å². The Morgan fingerprint density at radius 1 is 1.38 bits per heavy atom. The van der Waals surface area contributed by atoms with E-state index in [9.17, 15) is 9.59 Å². The third-order valence-electron chi connectivity index (χ3n) is 4.50.